The lowest BCUT2D eigenvalue weighted by molar-refractivity contribution is 0.0950. The minimum absolute atomic E-state index is 0.0300. The predicted octanol–water partition coefficient (Wildman–Crippen LogP) is 1.28. The standard InChI is InChI=1S/C10H12N2O/c1-7-6-11-5-4-9(7)10(13)12-8-2-3-8/h4-6,8H,2-3H2,1H3,(H,12,13). The van der Waals surface area contributed by atoms with Gasteiger partial charge in [0.05, 0.1) is 0 Å². The molecule has 1 aromatic heterocycles. The zero-order valence-corrected chi connectivity index (χ0v) is 7.58. The van der Waals surface area contributed by atoms with E-state index in [1.807, 2.05) is 6.92 Å². The summed E-state index contributed by atoms with van der Waals surface area (Å²) in [5.74, 6) is 0.0300. The van der Waals surface area contributed by atoms with Crippen LogP contribution in [0.25, 0.3) is 0 Å². The first-order chi connectivity index (χ1) is 6.27. The second-order valence-corrected chi connectivity index (χ2v) is 3.44. The Bertz CT molecular complexity index is 331. The molecule has 68 valence electrons. The van der Waals surface area contributed by atoms with Crippen LogP contribution in [-0.2, 0) is 0 Å². The maximum atomic E-state index is 11.6. The molecule has 1 fully saturated rings. The molecule has 13 heavy (non-hydrogen) atoms. The Hall–Kier alpha value is -1.38. The molecule has 0 radical (unpaired) electrons. The lowest BCUT2D eigenvalue weighted by Gasteiger charge is -2.04. The van der Waals surface area contributed by atoms with Crippen molar-refractivity contribution in [1.82, 2.24) is 10.3 Å². The number of amides is 1. The number of rotatable bonds is 2. The van der Waals surface area contributed by atoms with Crippen LogP contribution >= 0.6 is 0 Å². The summed E-state index contributed by atoms with van der Waals surface area (Å²) in [5.41, 5.74) is 1.67. The molecule has 1 aliphatic rings. The average Bonchev–Trinajstić information content (AvgIpc) is 2.89. The first-order valence-electron chi connectivity index (χ1n) is 4.49. The maximum absolute atomic E-state index is 11.6. The Balaban J connectivity index is 2.13. The van der Waals surface area contributed by atoms with Crippen LogP contribution < -0.4 is 5.32 Å². The summed E-state index contributed by atoms with van der Waals surface area (Å²) in [7, 11) is 0. The Kier molecular flexibility index (Phi) is 2.00. The van der Waals surface area contributed by atoms with Crippen LogP contribution in [0, 0.1) is 6.92 Å². The highest BCUT2D eigenvalue weighted by Gasteiger charge is 2.24. The normalized spacial score (nSPS) is 15.5. The smallest absolute Gasteiger partial charge is 0.251 e. The van der Waals surface area contributed by atoms with E-state index in [1.54, 1.807) is 18.5 Å². The largest absolute Gasteiger partial charge is 0.349 e. The highest BCUT2D eigenvalue weighted by Crippen LogP contribution is 2.19. The second-order valence-electron chi connectivity index (χ2n) is 3.44. The summed E-state index contributed by atoms with van der Waals surface area (Å²) >= 11 is 0. The third-order valence-corrected chi connectivity index (χ3v) is 2.18. The van der Waals surface area contributed by atoms with Crippen LogP contribution in [0.2, 0.25) is 0 Å². The molecule has 0 atom stereocenters. The van der Waals surface area contributed by atoms with Crippen LogP contribution in [0.1, 0.15) is 28.8 Å². The Labute approximate surface area is 77.2 Å². The van der Waals surface area contributed by atoms with Crippen molar-refractivity contribution in [3.8, 4) is 0 Å². The van der Waals surface area contributed by atoms with Gasteiger partial charge in [-0.1, -0.05) is 0 Å². The van der Waals surface area contributed by atoms with Gasteiger partial charge in [0.15, 0.2) is 0 Å². The van der Waals surface area contributed by atoms with Gasteiger partial charge in [-0.05, 0) is 31.4 Å². The Morgan fingerprint density at radius 3 is 3.00 bits per heavy atom. The molecule has 1 aromatic rings. The van der Waals surface area contributed by atoms with E-state index in [0.29, 0.717) is 6.04 Å². The number of aryl methyl sites for hydroxylation is 1. The van der Waals surface area contributed by atoms with Crippen LogP contribution in [0.15, 0.2) is 18.5 Å². The van der Waals surface area contributed by atoms with Crippen molar-refractivity contribution in [3.05, 3.63) is 29.6 Å². The molecule has 0 aliphatic heterocycles. The number of hydrogen-bond donors (Lipinski definition) is 1. The Morgan fingerprint density at radius 1 is 1.62 bits per heavy atom. The van der Waals surface area contributed by atoms with Crippen LogP contribution in [0.5, 0.6) is 0 Å². The number of nitrogens with zero attached hydrogens (tertiary/aromatic N) is 1. The summed E-state index contributed by atoms with van der Waals surface area (Å²) < 4.78 is 0. The highest BCUT2D eigenvalue weighted by molar-refractivity contribution is 5.95. The molecule has 1 heterocycles. The molecule has 0 aromatic carbocycles. The zero-order valence-electron chi connectivity index (χ0n) is 7.58. The molecule has 2 rings (SSSR count). The number of hydrogen-bond acceptors (Lipinski definition) is 2. The minimum Gasteiger partial charge on any atom is -0.349 e. The number of carbonyl (C=O) groups excluding carboxylic acids is 1. The molecule has 1 amide bonds. The van der Waals surface area contributed by atoms with Crippen molar-refractivity contribution in [2.24, 2.45) is 0 Å². The van der Waals surface area contributed by atoms with Gasteiger partial charge in [0, 0.05) is 24.0 Å². The van der Waals surface area contributed by atoms with Gasteiger partial charge in [-0.3, -0.25) is 9.78 Å². The fraction of sp³-hybridized carbons (Fsp3) is 0.400. The zero-order chi connectivity index (χ0) is 9.26. The summed E-state index contributed by atoms with van der Waals surface area (Å²) in [4.78, 5) is 15.5. The van der Waals surface area contributed by atoms with E-state index in [1.165, 1.54) is 0 Å². The molecule has 3 heteroatoms. The number of nitrogens with one attached hydrogen (secondary N) is 1. The SMILES string of the molecule is Cc1cnccc1C(=O)NC1CC1. The van der Waals surface area contributed by atoms with E-state index >= 15 is 0 Å². The molecule has 0 unspecified atom stereocenters. The van der Waals surface area contributed by atoms with Crippen LogP contribution in [-0.4, -0.2) is 16.9 Å². The molecule has 1 aliphatic carbocycles. The average molecular weight is 176 g/mol. The van der Waals surface area contributed by atoms with Crippen molar-refractivity contribution < 1.29 is 4.79 Å². The van der Waals surface area contributed by atoms with E-state index in [2.05, 4.69) is 10.3 Å². The van der Waals surface area contributed by atoms with Crippen molar-refractivity contribution in [1.29, 1.82) is 0 Å². The minimum atomic E-state index is 0.0300. The monoisotopic (exact) mass is 176 g/mol. The van der Waals surface area contributed by atoms with Gasteiger partial charge in [-0.15, -0.1) is 0 Å². The molecule has 0 bridgehead atoms. The molecular formula is C10H12N2O. The summed E-state index contributed by atoms with van der Waals surface area (Å²) in [6.45, 7) is 1.90. The quantitative estimate of drug-likeness (QED) is 0.737. The highest BCUT2D eigenvalue weighted by atomic mass is 16.1. The number of aromatic nitrogens is 1. The third-order valence-electron chi connectivity index (χ3n) is 2.18. The van der Waals surface area contributed by atoms with Gasteiger partial charge in [-0.25, -0.2) is 0 Å². The number of pyridine rings is 1. The molecular weight excluding hydrogens is 164 g/mol. The first kappa shape index (κ1) is 8.23. The van der Waals surface area contributed by atoms with E-state index in [4.69, 9.17) is 0 Å². The van der Waals surface area contributed by atoms with Gasteiger partial charge in [0.2, 0.25) is 0 Å². The van der Waals surface area contributed by atoms with Gasteiger partial charge in [0.25, 0.3) is 5.91 Å². The second kappa shape index (κ2) is 3.17. The van der Waals surface area contributed by atoms with E-state index < -0.39 is 0 Å². The molecule has 0 saturated heterocycles. The van der Waals surface area contributed by atoms with Gasteiger partial charge in [0.1, 0.15) is 0 Å². The van der Waals surface area contributed by atoms with Crippen molar-refractivity contribution in [2.75, 3.05) is 0 Å². The van der Waals surface area contributed by atoms with E-state index in [9.17, 15) is 4.79 Å². The van der Waals surface area contributed by atoms with Crippen molar-refractivity contribution >= 4 is 5.91 Å². The molecule has 1 saturated carbocycles. The topological polar surface area (TPSA) is 42.0 Å². The van der Waals surface area contributed by atoms with Crippen LogP contribution in [0.3, 0.4) is 0 Å². The maximum Gasteiger partial charge on any atom is 0.251 e. The van der Waals surface area contributed by atoms with Gasteiger partial charge < -0.3 is 5.32 Å². The summed E-state index contributed by atoms with van der Waals surface area (Å²) in [6.07, 6.45) is 5.60. The fourth-order valence-electron chi connectivity index (χ4n) is 1.22. The lowest BCUT2D eigenvalue weighted by Crippen LogP contribution is -2.26. The fourth-order valence-corrected chi connectivity index (χ4v) is 1.22. The molecule has 0 spiro atoms. The van der Waals surface area contributed by atoms with E-state index in [0.717, 1.165) is 24.0 Å². The van der Waals surface area contributed by atoms with Gasteiger partial charge in [-0.2, -0.15) is 0 Å². The summed E-state index contributed by atoms with van der Waals surface area (Å²) in [6, 6.07) is 2.17. The first-order valence-corrected chi connectivity index (χ1v) is 4.49. The van der Waals surface area contributed by atoms with Crippen molar-refractivity contribution in [3.63, 3.8) is 0 Å². The summed E-state index contributed by atoms with van der Waals surface area (Å²) in [5, 5.41) is 2.94. The van der Waals surface area contributed by atoms with E-state index in [-0.39, 0.29) is 5.91 Å². The number of carbonyl (C=O) groups is 1. The third kappa shape index (κ3) is 1.86. The lowest BCUT2D eigenvalue weighted by atomic mass is 10.1. The van der Waals surface area contributed by atoms with Crippen LogP contribution in [0.4, 0.5) is 0 Å². The van der Waals surface area contributed by atoms with Gasteiger partial charge >= 0.3 is 0 Å². The predicted molar refractivity (Wildman–Crippen MR) is 49.5 cm³/mol. The van der Waals surface area contributed by atoms with Crippen molar-refractivity contribution in [2.45, 2.75) is 25.8 Å². The Morgan fingerprint density at radius 2 is 2.38 bits per heavy atom. The molecule has 3 nitrogen and oxygen atoms in total. The molecule has 1 N–H and O–H groups in total.